The lowest BCUT2D eigenvalue weighted by molar-refractivity contribution is 0.590. The molecule has 0 atom stereocenters. The van der Waals surface area contributed by atoms with Gasteiger partial charge in [-0.3, -0.25) is 9.40 Å². The zero-order valence-corrected chi connectivity index (χ0v) is 13.3. The molecule has 8 nitrogen and oxygen atoms in total. The van der Waals surface area contributed by atoms with Crippen molar-refractivity contribution in [1.29, 1.82) is 0 Å². The van der Waals surface area contributed by atoms with Gasteiger partial charge in [-0.1, -0.05) is 11.9 Å². The van der Waals surface area contributed by atoms with Crippen LogP contribution >= 0.6 is 11.9 Å². The highest BCUT2D eigenvalue weighted by Crippen LogP contribution is 2.16. The van der Waals surface area contributed by atoms with Crippen LogP contribution in [0.25, 0.3) is 11.0 Å². The van der Waals surface area contributed by atoms with E-state index in [4.69, 9.17) is 0 Å². The number of rotatable bonds is 7. The van der Waals surface area contributed by atoms with Gasteiger partial charge < -0.3 is 5.32 Å². The molecule has 0 saturated heterocycles. The fraction of sp³-hybridized carbons (Fsp3) is 0.385. The van der Waals surface area contributed by atoms with E-state index in [1.165, 1.54) is 0 Å². The maximum Gasteiger partial charge on any atom is 0.229 e. The van der Waals surface area contributed by atoms with E-state index in [1.807, 2.05) is 24.2 Å². The van der Waals surface area contributed by atoms with Crippen LogP contribution in [-0.2, 0) is 13.6 Å². The Hall–Kier alpha value is -2.13. The molecule has 116 valence electrons. The van der Waals surface area contributed by atoms with E-state index in [2.05, 4.69) is 30.2 Å². The summed E-state index contributed by atoms with van der Waals surface area (Å²) in [4.78, 5) is 8.86. The molecule has 0 amide bonds. The van der Waals surface area contributed by atoms with Crippen molar-refractivity contribution in [2.24, 2.45) is 7.05 Å². The fourth-order valence-electron chi connectivity index (χ4n) is 2.11. The summed E-state index contributed by atoms with van der Waals surface area (Å²) in [6.45, 7) is 1.76. The maximum absolute atomic E-state index is 4.55. The number of hydrogen-bond donors (Lipinski definition) is 2. The van der Waals surface area contributed by atoms with Crippen molar-refractivity contribution in [1.82, 2.24) is 34.3 Å². The quantitative estimate of drug-likeness (QED) is 0.505. The van der Waals surface area contributed by atoms with Crippen molar-refractivity contribution in [2.75, 3.05) is 18.1 Å². The van der Waals surface area contributed by atoms with Crippen molar-refractivity contribution >= 4 is 34.6 Å². The molecule has 0 aromatic carbocycles. The first-order chi connectivity index (χ1) is 10.8. The normalized spacial score (nSPS) is 11.2. The van der Waals surface area contributed by atoms with Crippen LogP contribution in [0.15, 0.2) is 24.8 Å². The van der Waals surface area contributed by atoms with Crippen LogP contribution in [0.3, 0.4) is 0 Å². The Morgan fingerprint density at radius 2 is 2.14 bits per heavy atom. The van der Waals surface area contributed by atoms with E-state index in [-0.39, 0.29) is 0 Å². The zero-order chi connectivity index (χ0) is 15.4. The van der Waals surface area contributed by atoms with Gasteiger partial charge in [-0.2, -0.15) is 15.2 Å². The molecule has 0 bridgehead atoms. The van der Waals surface area contributed by atoms with Crippen LogP contribution in [0.2, 0.25) is 0 Å². The van der Waals surface area contributed by atoms with E-state index in [0.29, 0.717) is 5.95 Å². The Morgan fingerprint density at radius 3 is 2.91 bits per heavy atom. The molecular formula is C13H18N8S. The summed E-state index contributed by atoms with van der Waals surface area (Å²) < 4.78 is 6.86. The fourth-order valence-corrected chi connectivity index (χ4v) is 2.46. The van der Waals surface area contributed by atoms with Gasteiger partial charge in [-0.15, -0.1) is 0 Å². The molecule has 0 aliphatic rings. The summed E-state index contributed by atoms with van der Waals surface area (Å²) >= 11 is 1.62. The van der Waals surface area contributed by atoms with Gasteiger partial charge >= 0.3 is 0 Å². The predicted octanol–water partition coefficient (Wildman–Crippen LogP) is 1.56. The average molecular weight is 318 g/mol. The summed E-state index contributed by atoms with van der Waals surface area (Å²) in [5.41, 5.74) is 1.70. The van der Waals surface area contributed by atoms with Gasteiger partial charge in [0.25, 0.3) is 0 Å². The van der Waals surface area contributed by atoms with E-state index in [9.17, 15) is 0 Å². The smallest absolute Gasteiger partial charge is 0.229 e. The number of hydrogen-bond acceptors (Lipinski definition) is 7. The average Bonchev–Trinajstić information content (AvgIpc) is 3.10. The van der Waals surface area contributed by atoms with Crippen molar-refractivity contribution in [3.63, 3.8) is 0 Å². The summed E-state index contributed by atoms with van der Waals surface area (Å²) in [6, 6.07) is 0. The van der Waals surface area contributed by atoms with Crippen LogP contribution < -0.4 is 10.0 Å². The topological polar surface area (TPSA) is 85.5 Å². The Morgan fingerprint density at radius 1 is 1.23 bits per heavy atom. The van der Waals surface area contributed by atoms with Crippen LogP contribution in [0.4, 0.5) is 11.6 Å². The second-order valence-corrected chi connectivity index (χ2v) is 5.52. The monoisotopic (exact) mass is 318 g/mol. The molecule has 0 fully saturated rings. The lowest BCUT2D eigenvalue weighted by atomic mass is 10.4. The van der Waals surface area contributed by atoms with Crippen molar-refractivity contribution in [3.8, 4) is 0 Å². The molecule has 0 aliphatic heterocycles. The molecule has 9 heteroatoms. The lowest BCUT2D eigenvalue weighted by Crippen LogP contribution is -2.10. The summed E-state index contributed by atoms with van der Waals surface area (Å²) in [5.74, 6) is 0.546. The molecule has 2 N–H and O–H groups in total. The molecule has 0 aliphatic carbocycles. The van der Waals surface area contributed by atoms with E-state index < -0.39 is 0 Å². The molecule has 0 unspecified atom stereocenters. The van der Waals surface area contributed by atoms with E-state index in [0.717, 1.165) is 36.2 Å². The Labute approximate surface area is 132 Å². The van der Waals surface area contributed by atoms with E-state index in [1.54, 1.807) is 35.2 Å². The SMILES string of the molecule is CSNCCCn1ncc2cnc(Nc3cnn(C)c3)nc21. The third-order valence-electron chi connectivity index (χ3n) is 3.13. The molecule has 0 spiro atoms. The minimum absolute atomic E-state index is 0.546. The third-order valence-corrected chi connectivity index (χ3v) is 3.62. The highest BCUT2D eigenvalue weighted by atomic mass is 32.2. The maximum atomic E-state index is 4.55. The van der Waals surface area contributed by atoms with Gasteiger partial charge in [0.1, 0.15) is 0 Å². The third kappa shape index (κ3) is 3.37. The molecule has 3 rings (SSSR count). The molecule has 0 saturated carbocycles. The number of nitrogens with zero attached hydrogens (tertiary/aromatic N) is 6. The van der Waals surface area contributed by atoms with Crippen molar-refractivity contribution in [3.05, 3.63) is 24.8 Å². The number of aryl methyl sites for hydroxylation is 2. The highest BCUT2D eigenvalue weighted by Gasteiger charge is 2.07. The second-order valence-electron chi connectivity index (χ2n) is 4.82. The second kappa shape index (κ2) is 6.75. The van der Waals surface area contributed by atoms with Gasteiger partial charge in [0, 0.05) is 32.5 Å². The molecular weight excluding hydrogens is 300 g/mol. The Bertz CT molecular complexity index is 749. The predicted molar refractivity (Wildman–Crippen MR) is 87.9 cm³/mol. The van der Waals surface area contributed by atoms with Gasteiger partial charge in [-0.25, -0.2) is 9.67 Å². The largest absolute Gasteiger partial charge is 0.321 e. The van der Waals surface area contributed by atoms with Gasteiger partial charge in [0.15, 0.2) is 5.65 Å². The zero-order valence-electron chi connectivity index (χ0n) is 12.5. The Balaban J connectivity index is 1.75. The first-order valence-corrected chi connectivity index (χ1v) is 8.19. The lowest BCUT2D eigenvalue weighted by Gasteiger charge is -2.05. The van der Waals surface area contributed by atoms with Gasteiger partial charge in [0.05, 0.1) is 23.5 Å². The van der Waals surface area contributed by atoms with Crippen LogP contribution in [0.5, 0.6) is 0 Å². The standard InChI is InChI=1S/C13H18N8S/c1-20-9-11(8-15-20)18-13-14-6-10-7-16-21(12(10)19-13)5-3-4-17-22-2/h6-9,17H,3-5H2,1-2H3,(H,14,18,19). The molecule has 3 aromatic heterocycles. The number of fused-ring (bicyclic) bond motifs is 1. The Kier molecular flexibility index (Phi) is 4.54. The molecule has 22 heavy (non-hydrogen) atoms. The summed E-state index contributed by atoms with van der Waals surface area (Å²) in [5, 5.41) is 12.6. The first kappa shape index (κ1) is 14.8. The summed E-state index contributed by atoms with van der Waals surface area (Å²) in [7, 11) is 1.87. The van der Waals surface area contributed by atoms with E-state index >= 15 is 0 Å². The molecule has 0 radical (unpaired) electrons. The molecule has 3 aromatic rings. The number of anilines is 2. The van der Waals surface area contributed by atoms with Crippen molar-refractivity contribution < 1.29 is 0 Å². The van der Waals surface area contributed by atoms with Crippen LogP contribution in [-0.4, -0.2) is 42.3 Å². The molecule has 3 heterocycles. The van der Waals surface area contributed by atoms with Crippen LogP contribution in [0, 0.1) is 0 Å². The van der Waals surface area contributed by atoms with Crippen molar-refractivity contribution in [2.45, 2.75) is 13.0 Å². The van der Waals surface area contributed by atoms with Gasteiger partial charge in [-0.05, 0) is 12.7 Å². The van der Waals surface area contributed by atoms with Gasteiger partial charge in [0.2, 0.25) is 5.95 Å². The number of nitrogens with one attached hydrogen (secondary N) is 2. The highest BCUT2D eigenvalue weighted by molar-refractivity contribution is 7.96. The van der Waals surface area contributed by atoms with Crippen LogP contribution in [0.1, 0.15) is 6.42 Å². The number of aromatic nitrogens is 6. The summed E-state index contributed by atoms with van der Waals surface area (Å²) in [6.07, 6.45) is 10.2. The minimum atomic E-state index is 0.546. The minimum Gasteiger partial charge on any atom is -0.321 e. The first-order valence-electron chi connectivity index (χ1n) is 6.96.